The molecule has 4 aliphatic heterocycles. The van der Waals surface area contributed by atoms with Crippen molar-refractivity contribution in [1.82, 2.24) is 14.7 Å². The molecule has 7 heteroatoms. The van der Waals surface area contributed by atoms with E-state index in [9.17, 15) is 14.4 Å². The number of hydrogen-bond acceptors (Lipinski definition) is 4. The second kappa shape index (κ2) is 6.94. The fraction of sp³-hybridized carbons (Fsp3) is 0.667. The highest BCUT2D eigenvalue weighted by atomic mass is 16.3. The molecule has 4 fully saturated rings. The van der Waals surface area contributed by atoms with E-state index in [2.05, 4.69) is 4.90 Å². The fourth-order valence-electron chi connectivity index (χ4n) is 5.73. The lowest BCUT2D eigenvalue weighted by Gasteiger charge is -2.52. The highest BCUT2D eigenvalue weighted by Crippen LogP contribution is 2.38. The predicted octanol–water partition coefficient (Wildman–Crippen LogP) is 1.49. The molecule has 3 amide bonds. The Bertz CT molecular complexity index is 777. The Morgan fingerprint density at radius 2 is 2.04 bits per heavy atom. The minimum absolute atomic E-state index is 0.0241. The van der Waals surface area contributed by atoms with Gasteiger partial charge in [-0.3, -0.25) is 14.4 Å². The average Bonchev–Trinajstić information content (AvgIpc) is 3.32. The van der Waals surface area contributed by atoms with E-state index in [0.29, 0.717) is 56.3 Å². The number of rotatable bonds is 3. The number of fused-ring (bicyclic) bond motifs is 4. The third kappa shape index (κ3) is 3.10. The van der Waals surface area contributed by atoms with Crippen LogP contribution in [-0.4, -0.2) is 64.6 Å². The van der Waals surface area contributed by atoms with Crippen LogP contribution in [0.5, 0.6) is 0 Å². The molecule has 1 aromatic heterocycles. The zero-order valence-corrected chi connectivity index (χ0v) is 16.1. The molecule has 4 atom stereocenters. The normalized spacial score (nSPS) is 32.6. The molecular formula is C21H27N3O4. The lowest BCUT2D eigenvalue weighted by molar-refractivity contribution is -0.150. The van der Waals surface area contributed by atoms with E-state index in [0.717, 1.165) is 38.1 Å². The molecule has 5 rings (SSSR count). The molecule has 28 heavy (non-hydrogen) atoms. The number of carbonyl (C=O) groups is 3. The quantitative estimate of drug-likeness (QED) is 0.790. The summed E-state index contributed by atoms with van der Waals surface area (Å²) in [7, 11) is 0. The summed E-state index contributed by atoms with van der Waals surface area (Å²) in [5.41, 5.74) is 0. The second-order valence-corrected chi connectivity index (χ2v) is 8.87. The standard InChI is InChI=1S/C21H27N3O4/c25-19-5-1-4-18-15-7-14(10-24(18)19)9-23(11-15)21(27)16-8-20(26)22(12-16)13-17-3-2-6-28-17/h2-3,6,14-16,18H,1,4-5,7-13H2/t14-,15-,16+,18+/m1/s1. The summed E-state index contributed by atoms with van der Waals surface area (Å²) in [6, 6.07) is 3.96. The zero-order chi connectivity index (χ0) is 19.3. The van der Waals surface area contributed by atoms with Crippen LogP contribution in [0.15, 0.2) is 22.8 Å². The molecule has 0 saturated carbocycles. The van der Waals surface area contributed by atoms with E-state index in [1.54, 1.807) is 11.2 Å². The van der Waals surface area contributed by atoms with Crippen LogP contribution in [0.4, 0.5) is 0 Å². The first-order valence-electron chi connectivity index (χ1n) is 10.5. The van der Waals surface area contributed by atoms with E-state index >= 15 is 0 Å². The minimum Gasteiger partial charge on any atom is -0.467 e. The summed E-state index contributed by atoms with van der Waals surface area (Å²) in [4.78, 5) is 43.7. The molecule has 150 valence electrons. The Hall–Kier alpha value is -2.31. The van der Waals surface area contributed by atoms with Gasteiger partial charge in [0, 0.05) is 45.1 Å². The van der Waals surface area contributed by atoms with Gasteiger partial charge in [-0.05, 0) is 43.2 Å². The number of piperidine rings is 3. The van der Waals surface area contributed by atoms with Crippen molar-refractivity contribution in [3.05, 3.63) is 24.2 Å². The maximum Gasteiger partial charge on any atom is 0.228 e. The summed E-state index contributed by atoms with van der Waals surface area (Å²) >= 11 is 0. The van der Waals surface area contributed by atoms with Crippen molar-refractivity contribution in [1.29, 1.82) is 0 Å². The lowest BCUT2D eigenvalue weighted by Crippen LogP contribution is -2.61. The molecule has 0 N–H and O–H groups in total. The van der Waals surface area contributed by atoms with E-state index < -0.39 is 0 Å². The maximum absolute atomic E-state index is 13.2. The second-order valence-electron chi connectivity index (χ2n) is 8.87. The largest absolute Gasteiger partial charge is 0.467 e. The molecule has 5 heterocycles. The van der Waals surface area contributed by atoms with Gasteiger partial charge in [0.15, 0.2) is 0 Å². The molecule has 2 bridgehead atoms. The van der Waals surface area contributed by atoms with Crippen molar-refractivity contribution in [3.63, 3.8) is 0 Å². The van der Waals surface area contributed by atoms with Crippen molar-refractivity contribution < 1.29 is 18.8 Å². The van der Waals surface area contributed by atoms with Gasteiger partial charge in [0.05, 0.1) is 18.7 Å². The van der Waals surface area contributed by atoms with Crippen molar-refractivity contribution in [2.24, 2.45) is 17.8 Å². The molecule has 4 saturated heterocycles. The molecule has 0 spiro atoms. The van der Waals surface area contributed by atoms with Gasteiger partial charge < -0.3 is 19.1 Å². The van der Waals surface area contributed by atoms with Gasteiger partial charge in [-0.2, -0.15) is 0 Å². The molecule has 7 nitrogen and oxygen atoms in total. The predicted molar refractivity (Wildman–Crippen MR) is 99.8 cm³/mol. The highest BCUT2D eigenvalue weighted by Gasteiger charge is 2.46. The van der Waals surface area contributed by atoms with Gasteiger partial charge in [0.1, 0.15) is 5.76 Å². The van der Waals surface area contributed by atoms with Crippen LogP contribution in [0, 0.1) is 17.8 Å². The Labute approximate surface area is 164 Å². The van der Waals surface area contributed by atoms with Crippen LogP contribution < -0.4 is 0 Å². The molecule has 0 radical (unpaired) electrons. The SMILES string of the molecule is O=C1C[C@H](C(=O)N2C[C@H]3C[C@H](C2)[C@@H]2CCCC(=O)N2C3)CN1Cc1ccco1. The van der Waals surface area contributed by atoms with Crippen LogP contribution in [-0.2, 0) is 20.9 Å². The van der Waals surface area contributed by atoms with Gasteiger partial charge in [0.2, 0.25) is 17.7 Å². The number of furan rings is 1. The van der Waals surface area contributed by atoms with Crippen molar-refractivity contribution in [3.8, 4) is 0 Å². The number of hydrogen-bond donors (Lipinski definition) is 0. The Morgan fingerprint density at radius 3 is 2.86 bits per heavy atom. The molecule has 4 aliphatic rings. The van der Waals surface area contributed by atoms with E-state index in [-0.39, 0.29) is 17.7 Å². The number of amides is 3. The summed E-state index contributed by atoms with van der Waals surface area (Å²) in [6.45, 7) is 3.14. The first-order valence-corrected chi connectivity index (χ1v) is 10.5. The van der Waals surface area contributed by atoms with Gasteiger partial charge in [0.25, 0.3) is 0 Å². The smallest absolute Gasteiger partial charge is 0.228 e. The molecule has 1 aromatic rings. The van der Waals surface area contributed by atoms with Gasteiger partial charge >= 0.3 is 0 Å². The van der Waals surface area contributed by atoms with Gasteiger partial charge in [-0.1, -0.05) is 0 Å². The minimum atomic E-state index is -0.259. The Kier molecular flexibility index (Phi) is 4.40. The van der Waals surface area contributed by atoms with E-state index in [4.69, 9.17) is 4.42 Å². The van der Waals surface area contributed by atoms with Crippen LogP contribution >= 0.6 is 0 Å². The van der Waals surface area contributed by atoms with E-state index in [1.165, 1.54) is 0 Å². The fourth-order valence-corrected chi connectivity index (χ4v) is 5.73. The van der Waals surface area contributed by atoms with Gasteiger partial charge in [-0.15, -0.1) is 0 Å². The van der Waals surface area contributed by atoms with Crippen LogP contribution in [0.2, 0.25) is 0 Å². The molecule has 0 aromatic carbocycles. The number of carbonyl (C=O) groups excluding carboxylic acids is 3. The van der Waals surface area contributed by atoms with Crippen LogP contribution in [0.1, 0.15) is 37.9 Å². The number of likely N-dealkylation sites (tertiary alicyclic amines) is 2. The first kappa shape index (κ1) is 17.8. The van der Waals surface area contributed by atoms with Crippen molar-refractivity contribution in [2.75, 3.05) is 26.2 Å². The van der Waals surface area contributed by atoms with E-state index in [1.807, 2.05) is 17.0 Å². The third-order valence-electron chi connectivity index (χ3n) is 6.98. The third-order valence-corrected chi connectivity index (χ3v) is 6.98. The topological polar surface area (TPSA) is 74.1 Å². The van der Waals surface area contributed by atoms with Crippen LogP contribution in [0.3, 0.4) is 0 Å². The maximum atomic E-state index is 13.2. The molecular weight excluding hydrogens is 358 g/mol. The summed E-state index contributed by atoms with van der Waals surface area (Å²) in [5, 5.41) is 0. The molecule has 0 aliphatic carbocycles. The summed E-state index contributed by atoms with van der Waals surface area (Å²) in [5.74, 6) is 1.67. The Balaban J connectivity index is 1.24. The Morgan fingerprint density at radius 1 is 1.14 bits per heavy atom. The number of nitrogens with zero attached hydrogens (tertiary/aromatic N) is 3. The van der Waals surface area contributed by atoms with Gasteiger partial charge in [-0.25, -0.2) is 0 Å². The lowest BCUT2D eigenvalue weighted by atomic mass is 9.75. The zero-order valence-electron chi connectivity index (χ0n) is 16.1. The van der Waals surface area contributed by atoms with Crippen molar-refractivity contribution >= 4 is 17.7 Å². The first-order chi connectivity index (χ1) is 13.6. The average molecular weight is 385 g/mol. The summed E-state index contributed by atoms with van der Waals surface area (Å²) < 4.78 is 5.34. The highest BCUT2D eigenvalue weighted by molar-refractivity contribution is 5.89. The summed E-state index contributed by atoms with van der Waals surface area (Å²) in [6.07, 6.45) is 5.71. The monoisotopic (exact) mass is 385 g/mol. The molecule has 0 unspecified atom stereocenters. The van der Waals surface area contributed by atoms with Crippen LogP contribution in [0.25, 0.3) is 0 Å². The van der Waals surface area contributed by atoms with Crippen molar-refractivity contribution in [2.45, 2.75) is 44.7 Å².